The molecule has 3 aromatic rings. The van der Waals surface area contributed by atoms with Crippen molar-refractivity contribution in [2.24, 2.45) is 0 Å². The Morgan fingerprint density at radius 3 is 2.50 bits per heavy atom. The SMILES string of the molecule is COc1ccc(NC(=O)/C(C#N)=C/c2cc(C)n(-c3cc(C)on3)c2C)cc1OC. The van der Waals surface area contributed by atoms with Crippen LogP contribution in [0.1, 0.15) is 22.7 Å². The minimum absolute atomic E-state index is 0.0265. The minimum atomic E-state index is -0.521. The van der Waals surface area contributed by atoms with E-state index in [0.29, 0.717) is 28.8 Å². The van der Waals surface area contributed by atoms with E-state index in [-0.39, 0.29) is 5.57 Å². The minimum Gasteiger partial charge on any atom is -0.493 e. The van der Waals surface area contributed by atoms with E-state index in [9.17, 15) is 10.1 Å². The number of hydrogen-bond acceptors (Lipinski definition) is 6. The second kappa shape index (κ2) is 8.57. The average molecular weight is 406 g/mol. The van der Waals surface area contributed by atoms with Crippen LogP contribution in [0.15, 0.2) is 40.4 Å². The molecule has 0 spiro atoms. The number of aromatic nitrogens is 2. The van der Waals surface area contributed by atoms with Crippen LogP contribution in [0.2, 0.25) is 0 Å². The lowest BCUT2D eigenvalue weighted by Gasteiger charge is -2.10. The zero-order valence-corrected chi connectivity index (χ0v) is 17.4. The zero-order chi connectivity index (χ0) is 21.8. The van der Waals surface area contributed by atoms with Gasteiger partial charge >= 0.3 is 0 Å². The number of benzene rings is 1. The molecule has 0 fully saturated rings. The molecule has 1 N–H and O–H groups in total. The predicted molar refractivity (Wildman–Crippen MR) is 112 cm³/mol. The molecule has 8 nitrogen and oxygen atoms in total. The Morgan fingerprint density at radius 1 is 1.17 bits per heavy atom. The van der Waals surface area contributed by atoms with E-state index < -0.39 is 5.91 Å². The Hall–Kier alpha value is -3.99. The number of nitrogens with one attached hydrogen (secondary N) is 1. The second-order valence-corrected chi connectivity index (χ2v) is 6.65. The van der Waals surface area contributed by atoms with Crippen LogP contribution in [0.3, 0.4) is 0 Å². The number of hydrogen-bond donors (Lipinski definition) is 1. The summed E-state index contributed by atoms with van der Waals surface area (Å²) in [6.07, 6.45) is 1.56. The van der Waals surface area contributed by atoms with E-state index in [1.807, 2.05) is 43.5 Å². The van der Waals surface area contributed by atoms with Crippen LogP contribution in [0.4, 0.5) is 5.69 Å². The molecule has 30 heavy (non-hydrogen) atoms. The molecule has 0 unspecified atom stereocenters. The van der Waals surface area contributed by atoms with Crippen LogP contribution in [0.5, 0.6) is 11.5 Å². The van der Waals surface area contributed by atoms with Crippen molar-refractivity contribution in [2.45, 2.75) is 20.8 Å². The first-order valence-electron chi connectivity index (χ1n) is 9.15. The molecule has 0 atom stereocenters. The van der Waals surface area contributed by atoms with E-state index in [0.717, 1.165) is 17.0 Å². The maximum Gasteiger partial charge on any atom is 0.266 e. The summed E-state index contributed by atoms with van der Waals surface area (Å²) in [6.45, 7) is 5.63. The maximum atomic E-state index is 12.7. The largest absolute Gasteiger partial charge is 0.493 e. The Labute approximate surface area is 174 Å². The highest BCUT2D eigenvalue weighted by atomic mass is 16.5. The number of carbonyl (C=O) groups is 1. The molecule has 0 radical (unpaired) electrons. The van der Waals surface area contributed by atoms with Gasteiger partial charge in [0.2, 0.25) is 0 Å². The molecule has 8 heteroatoms. The Morgan fingerprint density at radius 2 is 1.90 bits per heavy atom. The van der Waals surface area contributed by atoms with Crippen LogP contribution in [0.25, 0.3) is 11.9 Å². The van der Waals surface area contributed by atoms with Gasteiger partial charge in [-0.05, 0) is 50.6 Å². The first-order valence-corrected chi connectivity index (χ1v) is 9.15. The summed E-state index contributed by atoms with van der Waals surface area (Å²) >= 11 is 0. The summed E-state index contributed by atoms with van der Waals surface area (Å²) in [5.41, 5.74) is 2.95. The van der Waals surface area contributed by atoms with Gasteiger partial charge in [0.05, 0.1) is 14.2 Å². The number of nitrogens with zero attached hydrogens (tertiary/aromatic N) is 3. The second-order valence-electron chi connectivity index (χ2n) is 6.65. The lowest BCUT2D eigenvalue weighted by atomic mass is 10.1. The lowest BCUT2D eigenvalue weighted by Crippen LogP contribution is -2.13. The standard InChI is InChI=1S/C22H22N4O4/c1-13-8-16(15(3)26(13)21-9-14(2)30-25-21)10-17(12-23)22(27)24-18-6-7-19(28-4)20(11-18)29-5/h6-11H,1-5H3,(H,24,27)/b17-10+. The zero-order valence-electron chi connectivity index (χ0n) is 17.4. The van der Waals surface area contributed by atoms with E-state index in [2.05, 4.69) is 10.5 Å². The normalized spacial score (nSPS) is 11.1. The molecular formula is C22H22N4O4. The first kappa shape index (κ1) is 20.7. The van der Waals surface area contributed by atoms with E-state index in [1.54, 1.807) is 24.3 Å². The number of rotatable bonds is 6. The van der Waals surface area contributed by atoms with Crippen LogP contribution < -0.4 is 14.8 Å². The van der Waals surface area contributed by atoms with E-state index in [1.165, 1.54) is 14.2 Å². The van der Waals surface area contributed by atoms with Crippen molar-refractivity contribution in [3.8, 4) is 23.4 Å². The molecule has 2 aromatic heterocycles. The summed E-state index contributed by atoms with van der Waals surface area (Å²) < 4.78 is 17.5. The topological polar surface area (TPSA) is 102 Å². The monoisotopic (exact) mass is 406 g/mol. The number of aryl methyl sites for hydroxylation is 2. The van der Waals surface area contributed by atoms with Gasteiger partial charge in [-0.1, -0.05) is 5.16 Å². The van der Waals surface area contributed by atoms with Gasteiger partial charge in [0, 0.05) is 29.2 Å². The fourth-order valence-corrected chi connectivity index (χ4v) is 3.16. The summed E-state index contributed by atoms with van der Waals surface area (Å²) in [6, 6.07) is 10.7. The molecule has 0 saturated heterocycles. The predicted octanol–water partition coefficient (Wildman–Crippen LogP) is 3.95. The molecular weight excluding hydrogens is 384 g/mol. The quantitative estimate of drug-likeness (QED) is 0.491. The molecule has 0 aliphatic carbocycles. The molecule has 154 valence electrons. The fourth-order valence-electron chi connectivity index (χ4n) is 3.16. The highest BCUT2D eigenvalue weighted by Crippen LogP contribution is 2.30. The summed E-state index contributed by atoms with van der Waals surface area (Å²) in [5, 5.41) is 16.3. The Kier molecular flexibility index (Phi) is 5.93. The van der Waals surface area contributed by atoms with Gasteiger partial charge in [0.15, 0.2) is 17.3 Å². The van der Waals surface area contributed by atoms with Crippen molar-refractivity contribution in [3.05, 3.63) is 58.6 Å². The third kappa shape index (κ3) is 4.05. The molecule has 0 saturated carbocycles. The molecule has 0 bridgehead atoms. The van der Waals surface area contributed by atoms with Gasteiger partial charge in [-0.3, -0.25) is 9.36 Å². The average Bonchev–Trinajstić information content (AvgIpc) is 3.27. The van der Waals surface area contributed by atoms with Crippen LogP contribution in [-0.2, 0) is 4.79 Å². The number of amides is 1. The lowest BCUT2D eigenvalue weighted by molar-refractivity contribution is -0.112. The number of methoxy groups -OCH3 is 2. The number of carbonyl (C=O) groups excluding carboxylic acids is 1. The van der Waals surface area contributed by atoms with E-state index in [4.69, 9.17) is 14.0 Å². The van der Waals surface area contributed by atoms with Crippen molar-refractivity contribution in [1.29, 1.82) is 5.26 Å². The van der Waals surface area contributed by atoms with Crippen LogP contribution in [-0.4, -0.2) is 29.9 Å². The van der Waals surface area contributed by atoms with Crippen molar-refractivity contribution in [3.63, 3.8) is 0 Å². The highest BCUT2D eigenvalue weighted by Gasteiger charge is 2.16. The molecule has 3 rings (SSSR count). The van der Waals surface area contributed by atoms with Gasteiger partial charge in [0.25, 0.3) is 5.91 Å². The van der Waals surface area contributed by atoms with Gasteiger partial charge in [-0.15, -0.1) is 0 Å². The van der Waals surface area contributed by atoms with Gasteiger partial charge in [-0.2, -0.15) is 5.26 Å². The molecule has 0 aliphatic rings. The number of nitriles is 1. The molecule has 0 aliphatic heterocycles. The van der Waals surface area contributed by atoms with Gasteiger partial charge < -0.3 is 19.3 Å². The van der Waals surface area contributed by atoms with Crippen molar-refractivity contribution < 1.29 is 18.8 Å². The Balaban J connectivity index is 1.89. The van der Waals surface area contributed by atoms with Gasteiger partial charge in [0.1, 0.15) is 17.4 Å². The Bertz CT molecular complexity index is 1160. The van der Waals surface area contributed by atoms with Crippen LogP contribution in [0, 0.1) is 32.1 Å². The number of ether oxygens (including phenoxy) is 2. The van der Waals surface area contributed by atoms with Crippen molar-refractivity contribution >= 4 is 17.7 Å². The summed E-state index contributed by atoms with van der Waals surface area (Å²) in [4.78, 5) is 12.7. The summed E-state index contributed by atoms with van der Waals surface area (Å²) in [5.74, 6) is 1.84. The van der Waals surface area contributed by atoms with Crippen LogP contribution >= 0.6 is 0 Å². The van der Waals surface area contributed by atoms with Crippen molar-refractivity contribution in [2.75, 3.05) is 19.5 Å². The molecule has 2 heterocycles. The van der Waals surface area contributed by atoms with E-state index >= 15 is 0 Å². The van der Waals surface area contributed by atoms with Gasteiger partial charge in [-0.25, -0.2) is 0 Å². The summed E-state index contributed by atoms with van der Waals surface area (Å²) in [7, 11) is 3.04. The third-order valence-corrected chi connectivity index (χ3v) is 4.62. The first-order chi connectivity index (χ1) is 14.4. The maximum absolute atomic E-state index is 12.7. The molecule has 1 aromatic carbocycles. The third-order valence-electron chi connectivity index (χ3n) is 4.62. The van der Waals surface area contributed by atoms with Crippen molar-refractivity contribution in [1.82, 2.24) is 9.72 Å². The fraction of sp³-hybridized carbons (Fsp3) is 0.227. The smallest absolute Gasteiger partial charge is 0.266 e. The molecule has 1 amide bonds. The highest BCUT2D eigenvalue weighted by molar-refractivity contribution is 6.09. The number of anilines is 1.